The first kappa shape index (κ1) is 15.0. The lowest BCUT2D eigenvalue weighted by Gasteiger charge is -2.07. The minimum absolute atomic E-state index is 1.13. The molecular weight excluding hydrogens is 216 g/mol. The van der Waals surface area contributed by atoms with Gasteiger partial charge in [0, 0.05) is 0 Å². The van der Waals surface area contributed by atoms with E-state index in [0.717, 1.165) is 12.8 Å². The molecule has 0 saturated carbocycles. The van der Waals surface area contributed by atoms with Gasteiger partial charge in [0.2, 0.25) is 0 Å². The first-order valence-electron chi connectivity index (χ1n) is 7.60. The van der Waals surface area contributed by atoms with E-state index in [0.29, 0.717) is 0 Å². The van der Waals surface area contributed by atoms with Crippen molar-refractivity contribution in [2.75, 3.05) is 0 Å². The standard InChI is InChI=1S/C18H28/c1-4-7-8-9-11-16-12-14-18(15-13-16)17(6-3)10-5-2/h10,12-15H,4-9,11H2,1-3H3/b17-10+. The molecule has 0 N–H and O–H groups in total. The Morgan fingerprint density at radius 2 is 1.67 bits per heavy atom. The van der Waals surface area contributed by atoms with E-state index in [2.05, 4.69) is 51.1 Å². The minimum Gasteiger partial charge on any atom is -0.0810 e. The van der Waals surface area contributed by atoms with Crippen LogP contribution in [0.3, 0.4) is 0 Å². The fourth-order valence-electron chi connectivity index (χ4n) is 2.35. The molecule has 0 atom stereocenters. The van der Waals surface area contributed by atoms with Gasteiger partial charge in [0.05, 0.1) is 0 Å². The summed E-state index contributed by atoms with van der Waals surface area (Å²) in [6.07, 6.45) is 11.2. The monoisotopic (exact) mass is 244 g/mol. The van der Waals surface area contributed by atoms with E-state index < -0.39 is 0 Å². The van der Waals surface area contributed by atoms with Gasteiger partial charge in [0.25, 0.3) is 0 Å². The molecule has 0 nitrogen and oxygen atoms in total. The van der Waals surface area contributed by atoms with Crippen LogP contribution in [0.4, 0.5) is 0 Å². The maximum atomic E-state index is 2.34. The van der Waals surface area contributed by atoms with E-state index in [9.17, 15) is 0 Å². The molecule has 0 amide bonds. The average molecular weight is 244 g/mol. The molecule has 0 aliphatic carbocycles. The van der Waals surface area contributed by atoms with Crippen molar-refractivity contribution in [1.29, 1.82) is 0 Å². The van der Waals surface area contributed by atoms with Crippen LogP contribution in [0.2, 0.25) is 0 Å². The van der Waals surface area contributed by atoms with Crippen LogP contribution >= 0.6 is 0 Å². The normalized spacial score (nSPS) is 11.8. The van der Waals surface area contributed by atoms with Crippen LogP contribution < -0.4 is 0 Å². The van der Waals surface area contributed by atoms with E-state index in [1.54, 1.807) is 0 Å². The Hall–Kier alpha value is -1.04. The number of hydrogen-bond acceptors (Lipinski definition) is 0. The molecule has 0 aliphatic heterocycles. The highest BCUT2D eigenvalue weighted by atomic mass is 14.0. The molecule has 0 spiro atoms. The Morgan fingerprint density at radius 1 is 0.944 bits per heavy atom. The third-order valence-corrected chi connectivity index (χ3v) is 3.48. The van der Waals surface area contributed by atoms with Crippen molar-refractivity contribution in [2.24, 2.45) is 0 Å². The largest absolute Gasteiger partial charge is 0.0810 e. The van der Waals surface area contributed by atoms with Crippen LogP contribution in [-0.4, -0.2) is 0 Å². The van der Waals surface area contributed by atoms with Gasteiger partial charge >= 0.3 is 0 Å². The zero-order valence-electron chi connectivity index (χ0n) is 12.3. The van der Waals surface area contributed by atoms with Crippen LogP contribution in [0, 0.1) is 0 Å². The second-order valence-corrected chi connectivity index (χ2v) is 5.00. The van der Waals surface area contributed by atoms with Gasteiger partial charge in [-0.3, -0.25) is 0 Å². The lowest BCUT2D eigenvalue weighted by atomic mass is 9.99. The lowest BCUT2D eigenvalue weighted by molar-refractivity contribution is 0.667. The highest BCUT2D eigenvalue weighted by Gasteiger charge is 1.99. The number of hydrogen-bond donors (Lipinski definition) is 0. The number of unbranched alkanes of at least 4 members (excludes halogenated alkanes) is 3. The summed E-state index contributed by atoms with van der Waals surface area (Å²) in [6.45, 7) is 6.71. The van der Waals surface area contributed by atoms with Gasteiger partial charge in [-0.15, -0.1) is 0 Å². The summed E-state index contributed by atoms with van der Waals surface area (Å²) in [7, 11) is 0. The summed E-state index contributed by atoms with van der Waals surface area (Å²) in [5, 5.41) is 0. The molecule has 0 unspecified atom stereocenters. The summed E-state index contributed by atoms with van der Waals surface area (Å²) in [5.74, 6) is 0. The predicted molar refractivity (Wildman–Crippen MR) is 82.8 cm³/mol. The fraction of sp³-hybridized carbons (Fsp3) is 0.556. The maximum Gasteiger partial charge on any atom is -0.0228 e. The van der Waals surface area contributed by atoms with Crippen LogP contribution in [0.25, 0.3) is 5.57 Å². The van der Waals surface area contributed by atoms with Crippen molar-refractivity contribution >= 4 is 5.57 Å². The van der Waals surface area contributed by atoms with Crippen molar-refractivity contribution < 1.29 is 0 Å². The van der Waals surface area contributed by atoms with Crippen LogP contribution in [0.5, 0.6) is 0 Å². The second kappa shape index (κ2) is 8.97. The molecule has 0 saturated heterocycles. The van der Waals surface area contributed by atoms with E-state index in [1.807, 2.05) is 0 Å². The van der Waals surface area contributed by atoms with Crippen molar-refractivity contribution in [2.45, 2.75) is 65.7 Å². The molecule has 100 valence electrons. The summed E-state index contributed by atoms with van der Waals surface area (Å²) in [4.78, 5) is 0. The van der Waals surface area contributed by atoms with Crippen LogP contribution in [0.15, 0.2) is 30.3 Å². The van der Waals surface area contributed by atoms with Crippen LogP contribution in [0.1, 0.15) is 70.4 Å². The molecule has 18 heavy (non-hydrogen) atoms. The van der Waals surface area contributed by atoms with Gasteiger partial charge in [0.1, 0.15) is 0 Å². The van der Waals surface area contributed by atoms with Crippen molar-refractivity contribution in [3.05, 3.63) is 41.5 Å². The van der Waals surface area contributed by atoms with Gasteiger partial charge in [-0.1, -0.05) is 70.4 Å². The van der Waals surface area contributed by atoms with Crippen molar-refractivity contribution in [1.82, 2.24) is 0 Å². The van der Waals surface area contributed by atoms with Crippen molar-refractivity contribution in [3.63, 3.8) is 0 Å². The topological polar surface area (TPSA) is 0 Å². The Balaban J connectivity index is 2.54. The Labute approximate surface area is 113 Å². The highest BCUT2D eigenvalue weighted by Crippen LogP contribution is 2.20. The molecule has 0 heterocycles. The molecular formula is C18H28. The zero-order valence-corrected chi connectivity index (χ0v) is 12.3. The van der Waals surface area contributed by atoms with E-state index in [4.69, 9.17) is 0 Å². The Kier molecular flexibility index (Phi) is 7.48. The average Bonchev–Trinajstić information content (AvgIpc) is 2.42. The van der Waals surface area contributed by atoms with E-state index >= 15 is 0 Å². The van der Waals surface area contributed by atoms with Gasteiger partial charge in [-0.25, -0.2) is 0 Å². The van der Waals surface area contributed by atoms with Gasteiger partial charge < -0.3 is 0 Å². The lowest BCUT2D eigenvalue weighted by Crippen LogP contribution is -1.88. The summed E-state index contributed by atoms with van der Waals surface area (Å²) in [5.41, 5.74) is 4.37. The van der Waals surface area contributed by atoms with Gasteiger partial charge in [0.15, 0.2) is 0 Å². The summed E-state index contributed by atoms with van der Waals surface area (Å²) < 4.78 is 0. The zero-order chi connectivity index (χ0) is 13.2. The van der Waals surface area contributed by atoms with E-state index in [-0.39, 0.29) is 0 Å². The SMILES string of the molecule is CC/C=C(\CC)c1ccc(CCCCCC)cc1. The third kappa shape index (κ3) is 5.08. The smallest absolute Gasteiger partial charge is 0.0228 e. The molecule has 0 aliphatic rings. The minimum atomic E-state index is 1.13. The molecule has 1 rings (SSSR count). The number of aryl methyl sites for hydroxylation is 1. The first-order chi connectivity index (χ1) is 8.81. The van der Waals surface area contributed by atoms with Crippen molar-refractivity contribution in [3.8, 4) is 0 Å². The second-order valence-electron chi connectivity index (χ2n) is 5.00. The molecule has 0 radical (unpaired) electrons. The molecule has 0 heteroatoms. The number of benzene rings is 1. The molecule has 1 aromatic rings. The molecule has 0 fully saturated rings. The quantitative estimate of drug-likeness (QED) is 0.491. The molecule has 1 aromatic carbocycles. The van der Waals surface area contributed by atoms with E-state index in [1.165, 1.54) is 48.8 Å². The van der Waals surface area contributed by atoms with Gasteiger partial charge in [-0.2, -0.15) is 0 Å². The molecule has 0 bridgehead atoms. The number of allylic oxidation sites excluding steroid dienone is 2. The fourth-order valence-corrected chi connectivity index (χ4v) is 2.35. The summed E-state index contributed by atoms with van der Waals surface area (Å²) >= 11 is 0. The Morgan fingerprint density at radius 3 is 2.22 bits per heavy atom. The predicted octanol–water partition coefficient (Wildman–Crippen LogP) is 6.01. The van der Waals surface area contributed by atoms with Gasteiger partial charge in [-0.05, 0) is 42.4 Å². The third-order valence-electron chi connectivity index (χ3n) is 3.48. The molecule has 0 aromatic heterocycles. The maximum absolute atomic E-state index is 2.34. The number of rotatable bonds is 8. The highest BCUT2D eigenvalue weighted by molar-refractivity contribution is 5.65. The Bertz CT molecular complexity index is 343. The van der Waals surface area contributed by atoms with Crippen LogP contribution in [-0.2, 0) is 6.42 Å². The summed E-state index contributed by atoms with van der Waals surface area (Å²) in [6, 6.07) is 9.20. The first-order valence-corrected chi connectivity index (χ1v) is 7.60.